The Morgan fingerprint density at radius 2 is 2.25 bits per heavy atom. The van der Waals surface area contributed by atoms with Crippen LogP contribution in [-0.4, -0.2) is 28.8 Å². The van der Waals surface area contributed by atoms with Crippen LogP contribution in [0.3, 0.4) is 0 Å². The van der Waals surface area contributed by atoms with Gasteiger partial charge in [0.1, 0.15) is 18.1 Å². The van der Waals surface area contributed by atoms with Gasteiger partial charge >= 0.3 is 0 Å². The molecule has 20 heavy (non-hydrogen) atoms. The molecule has 2 heterocycles. The second-order valence-corrected chi connectivity index (χ2v) is 6.67. The van der Waals surface area contributed by atoms with Crippen molar-refractivity contribution >= 4 is 31.6 Å². The van der Waals surface area contributed by atoms with E-state index in [9.17, 15) is 8.42 Å². The molecule has 10 heteroatoms. The van der Waals surface area contributed by atoms with Gasteiger partial charge in [-0.3, -0.25) is 0 Å². The quantitative estimate of drug-likeness (QED) is 0.728. The first-order valence-electron chi connectivity index (χ1n) is 5.43. The van der Waals surface area contributed by atoms with Gasteiger partial charge in [-0.2, -0.15) is 15.4 Å². The fraction of sp³-hybridized carbons (Fsp3) is 0.100. The number of primary sulfonamides is 1. The molecule has 0 fully saturated rings. The first-order valence-corrected chi connectivity index (χ1v) is 7.79. The number of nitrogens with zero attached hydrogens (tertiary/aromatic N) is 3. The lowest BCUT2D eigenvalue weighted by molar-refractivity contribution is 0.301. The number of nitrogens with one attached hydrogen (secondary N) is 1. The fourth-order valence-corrected chi connectivity index (χ4v) is 3.19. The highest BCUT2D eigenvalue weighted by Gasteiger charge is 2.14. The predicted octanol–water partition coefficient (Wildman–Crippen LogP) is 0.641. The number of aromatic nitrogens is 4. The molecule has 0 spiro atoms. The summed E-state index contributed by atoms with van der Waals surface area (Å²) in [6.45, 7) is 0.258. The van der Waals surface area contributed by atoms with Crippen LogP contribution in [0.2, 0.25) is 0 Å². The number of sulfonamides is 1. The van der Waals surface area contributed by atoms with E-state index < -0.39 is 10.0 Å². The zero-order valence-electron chi connectivity index (χ0n) is 9.98. The van der Waals surface area contributed by atoms with Gasteiger partial charge in [0, 0.05) is 6.07 Å². The maximum Gasteiger partial charge on any atom is 0.265 e. The molecular weight excluding hydrogens is 302 g/mol. The van der Waals surface area contributed by atoms with Gasteiger partial charge in [0.05, 0.1) is 16.4 Å². The van der Waals surface area contributed by atoms with Crippen molar-refractivity contribution in [2.75, 3.05) is 0 Å². The van der Waals surface area contributed by atoms with Gasteiger partial charge in [-0.15, -0.1) is 11.3 Å². The predicted molar refractivity (Wildman–Crippen MR) is 71.7 cm³/mol. The van der Waals surface area contributed by atoms with E-state index in [2.05, 4.69) is 20.4 Å². The summed E-state index contributed by atoms with van der Waals surface area (Å²) in [7, 11) is -3.78. The van der Waals surface area contributed by atoms with Crippen molar-refractivity contribution < 1.29 is 13.2 Å². The summed E-state index contributed by atoms with van der Waals surface area (Å²) in [5.41, 5.74) is 1.19. The van der Waals surface area contributed by atoms with Gasteiger partial charge in [-0.05, 0) is 12.1 Å². The Morgan fingerprint density at radius 1 is 1.40 bits per heavy atom. The Balaban J connectivity index is 1.87. The molecule has 0 saturated carbocycles. The number of ether oxygens (including phenoxy) is 1. The molecule has 1 aromatic carbocycles. The van der Waals surface area contributed by atoms with Gasteiger partial charge < -0.3 is 4.74 Å². The van der Waals surface area contributed by atoms with E-state index in [1.165, 1.54) is 0 Å². The number of H-pyrrole nitrogens is 1. The van der Waals surface area contributed by atoms with Gasteiger partial charge in [-0.1, -0.05) is 0 Å². The normalized spacial score (nSPS) is 11.8. The van der Waals surface area contributed by atoms with E-state index in [4.69, 9.17) is 9.88 Å². The maximum absolute atomic E-state index is 11.2. The lowest BCUT2D eigenvalue weighted by Crippen LogP contribution is -2.11. The minimum absolute atomic E-state index is 0.110. The summed E-state index contributed by atoms with van der Waals surface area (Å²) in [5.74, 6) is 0.562. The van der Waals surface area contributed by atoms with Gasteiger partial charge in [-0.25, -0.2) is 18.5 Å². The van der Waals surface area contributed by atoms with Crippen LogP contribution < -0.4 is 9.88 Å². The second-order valence-electron chi connectivity index (χ2n) is 3.90. The Hall–Kier alpha value is -2.04. The summed E-state index contributed by atoms with van der Waals surface area (Å²) in [5, 5.41) is 15.1. The van der Waals surface area contributed by atoms with Crippen LogP contribution in [0.25, 0.3) is 10.2 Å². The SMILES string of the molecule is NS(=O)(=O)c1nc2cc(OCc3cn[nH]n3)ccc2s1. The third-order valence-electron chi connectivity index (χ3n) is 2.43. The Morgan fingerprint density at radius 3 is 2.95 bits per heavy atom. The molecule has 0 aliphatic carbocycles. The molecule has 0 radical (unpaired) electrons. The van der Waals surface area contributed by atoms with Crippen molar-refractivity contribution in [3.8, 4) is 5.75 Å². The third kappa shape index (κ3) is 2.61. The number of nitrogens with two attached hydrogens (primary N) is 1. The summed E-state index contributed by atoms with van der Waals surface area (Å²) in [6.07, 6.45) is 1.56. The monoisotopic (exact) mass is 311 g/mol. The smallest absolute Gasteiger partial charge is 0.265 e. The molecule has 0 aliphatic rings. The van der Waals surface area contributed by atoms with Crippen LogP contribution in [0.4, 0.5) is 0 Å². The largest absolute Gasteiger partial charge is 0.487 e. The van der Waals surface area contributed by atoms with Crippen molar-refractivity contribution in [2.24, 2.45) is 5.14 Å². The topological polar surface area (TPSA) is 124 Å². The molecule has 0 unspecified atom stereocenters. The van der Waals surface area contributed by atoms with Crippen molar-refractivity contribution in [2.45, 2.75) is 10.9 Å². The first kappa shape index (κ1) is 13.0. The summed E-state index contributed by atoms with van der Waals surface area (Å²) in [6, 6.07) is 5.12. The number of aromatic amines is 1. The lowest BCUT2D eigenvalue weighted by Gasteiger charge is -2.02. The molecule has 3 rings (SSSR count). The maximum atomic E-state index is 11.2. The van der Waals surface area contributed by atoms with Gasteiger partial charge in [0.15, 0.2) is 0 Å². The molecule has 0 bridgehead atoms. The molecular formula is C10H9N5O3S2. The average Bonchev–Trinajstić information content (AvgIpc) is 3.04. The van der Waals surface area contributed by atoms with E-state index in [1.807, 2.05) is 0 Å². The Kier molecular flexibility index (Phi) is 3.12. The van der Waals surface area contributed by atoms with Gasteiger partial charge in [0.2, 0.25) is 4.34 Å². The van der Waals surface area contributed by atoms with Crippen LogP contribution in [-0.2, 0) is 16.6 Å². The van der Waals surface area contributed by atoms with Crippen molar-refractivity contribution in [1.82, 2.24) is 20.4 Å². The molecule has 8 nitrogen and oxygen atoms in total. The van der Waals surface area contributed by atoms with Crippen molar-refractivity contribution in [1.29, 1.82) is 0 Å². The van der Waals surface area contributed by atoms with Crippen LogP contribution in [0.5, 0.6) is 5.75 Å². The van der Waals surface area contributed by atoms with E-state index in [0.29, 0.717) is 17.0 Å². The molecule has 0 aliphatic heterocycles. The second kappa shape index (κ2) is 4.81. The van der Waals surface area contributed by atoms with E-state index >= 15 is 0 Å². The van der Waals surface area contributed by atoms with E-state index in [1.54, 1.807) is 24.4 Å². The highest BCUT2D eigenvalue weighted by atomic mass is 32.2. The zero-order chi connectivity index (χ0) is 14.2. The summed E-state index contributed by atoms with van der Waals surface area (Å²) < 4.78 is 28.6. The first-order chi connectivity index (χ1) is 9.52. The zero-order valence-corrected chi connectivity index (χ0v) is 11.6. The van der Waals surface area contributed by atoms with Crippen molar-refractivity contribution in [3.05, 3.63) is 30.1 Å². The van der Waals surface area contributed by atoms with Crippen LogP contribution in [0, 0.1) is 0 Å². The molecule has 0 saturated heterocycles. The standard InChI is InChI=1S/C10H9N5O3S2/c11-20(16,17)10-13-8-3-7(1-2-9(8)19-10)18-5-6-4-12-15-14-6/h1-4H,5H2,(H2,11,16,17)(H,12,14,15). The molecule has 104 valence electrons. The van der Waals surface area contributed by atoms with Crippen LogP contribution in [0.1, 0.15) is 5.69 Å². The minimum Gasteiger partial charge on any atom is -0.487 e. The lowest BCUT2D eigenvalue weighted by atomic mass is 10.3. The molecule has 3 N–H and O–H groups in total. The summed E-state index contributed by atoms with van der Waals surface area (Å²) >= 11 is 1.02. The highest BCUT2D eigenvalue weighted by Crippen LogP contribution is 2.28. The number of fused-ring (bicyclic) bond motifs is 1. The number of benzene rings is 1. The molecule has 3 aromatic rings. The summed E-state index contributed by atoms with van der Waals surface area (Å²) in [4.78, 5) is 3.98. The van der Waals surface area contributed by atoms with Crippen LogP contribution in [0.15, 0.2) is 28.7 Å². The van der Waals surface area contributed by atoms with Gasteiger partial charge in [0.25, 0.3) is 10.0 Å². The fourth-order valence-electron chi connectivity index (χ4n) is 1.55. The van der Waals surface area contributed by atoms with Crippen LogP contribution >= 0.6 is 11.3 Å². The number of rotatable bonds is 4. The minimum atomic E-state index is -3.78. The molecule has 2 aromatic heterocycles. The Labute approximate surface area is 117 Å². The Bertz CT molecular complexity index is 841. The van der Waals surface area contributed by atoms with E-state index in [0.717, 1.165) is 16.0 Å². The third-order valence-corrected chi connectivity index (χ3v) is 4.79. The van der Waals surface area contributed by atoms with Crippen molar-refractivity contribution in [3.63, 3.8) is 0 Å². The number of hydrogen-bond donors (Lipinski definition) is 2. The average molecular weight is 311 g/mol. The van der Waals surface area contributed by atoms with E-state index in [-0.39, 0.29) is 10.9 Å². The molecule has 0 atom stereocenters. The molecule has 0 amide bonds. The number of hydrogen-bond acceptors (Lipinski definition) is 7. The number of thiazole rings is 1. The highest BCUT2D eigenvalue weighted by molar-refractivity contribution is 7.91.